The Morgan fingerprint density at radius 1 is 1.39 bits per heavy atom. The van der Waals surface area contributed by atoms with Crippen LogP contribution in [0, 0.1) is 0 Å². The van der Waals surface area contributed by atoms with Crippen LogP contribution in [0.15, 0.2) is 18.2 Å². The third-order valence-corrected chi connectivity index (χ3v) is 2.73. The number of carbonyl (C=O) groups is 2. The van der Waals surface area contributed by atoms with Crippen molar-refractivity contribution in [2.24, 2.45) is 5.73 Å². The predicted molar refractivity (Wildman–Crippen MR) is 72.0 cm³/mol. The summed E-state index contributed by atoms with van der Waals surface area (Å²) in [7, 11) is 0. The molecule has 1 heterocycles. The van der Waals surface area contributed by atoms with Gasteiger partial charge in [0.1, 0.15) is 0 Å². The van der Waals surface area contributed by atoms with Gasteiger partial charge in [0, 0.05) is 30.8 Å². The molecule has 2 rings (SSSR count). The van der Waals surface area contributed by atoms with E-state index in [1.165, 1.54) is 0 Å². The summed E-state index contributed by atoms with van der Waals surface area (Å²) in [5.74, 6) is -0.579. The molecule has 1 aliphatic heterocycles. The zero-order valence-electron chi connectivity index (χ0n) is 9.86. The highest BCUT2D eigenvalue weighted by molar-refractivity contribution is 5.95. The highest BCUT2D eigenvalue weighted by Crippen LogP contribution is 2.22. The summed E-state index contributed by atoms with van der Waals surface area (Å²) in [6.45, 7) is 1.20. The molecule has 1 aromatic rings. The van der Waals surface area contributed by atoms with Gasteiger partial charge in [-0.1, -0.05) is 0 Å². The van der Waals surface area contributed by atoms with Crippen LogP contribution in [-0.2, 0) is 11.2 Å². The molecule has 0 bridgehead atoms. The zero-order chi connectivity index (χ0) is 12.3. The van der Waals surface area contributed by atoms with Gasteiger partial charge < -0.3 is 16.4 Å². The quantitative estimate of drug-likeness (QED) is 0.752. The Morgan fingerprint density at radius 2 is 2.17 bits per heavy atom. The minimum Gasteiger partial charge on any atom is -0.384 e. The second-order valence-electron chi connectivity index (χ2n) is 4.02. The van der Waals surface area contributed by atoms with Crippen molar-refractivity contribution in [3.05, 3.63) is 29.3 Å². The molecule has 5 nitrogen and oxygen atoms in total. The Labute approximate surface area is 112 Å². The number of primary amides is 1. The van der Waals surface area contributed by atoms with Crippen molar-refractivity contribution in [3.63, 3.8) is 0 Å². The van der Waals surface area contributed by atoms with Gasteiger partial charge >= 0.3 is 0 Å². The highest BCUT2D eigenvalue weighted by Gasteiger charge is 2.13. The maximum atomic E-state index is 11.7. The molecule has 0 saturated carbocycles. The number of rotatable bonds is 4. The number of carbonyl (C=O) groups excluding carboxylic acids is 2. The molecule has 0 unspecified atom stereocenters. The Hall–Kier alpha value is -1.75. The number of fused-ring (bicyclic) bond motifs is 1. The van der Waals surface area contributed by atoms with E-state index in [1.807, 2.05) is 12.1 Å². The maximum absolute atomic E-state index is 11.7. The van der Waals surface area contributed by atoms with E-state index in [0.717, 1.165) is 24.2 Å². The van der Waals surface area contributed by atoms with Crippen molar-refractivity contribution in [3.8, 4) is 0 Å². The van der Waals surface area contributed by atoms with Crippen molar-refractivity contribution >= 4 is 29.9 Å². The van der Waals surface area contributed by atoms with Gasteiger partial charge in [0.15, 0.2) is 0 Å². The first-order valence-electron chi connectivity index (χ1n) is 5.60. The third kappa shape index (κ3) is 3.37. The molecule has 0 aromatic heterocycles. The van der Waals surface area contributed by atoms with Crippen LogP contribution in [0.2, 0.25) is 0 Å². The van der Waals surface area contributed by atoms with Crippen molar-refractivity contribution in [1.82, 2.24) is 5.32 Å². The van der Waals surface area contributed by atoms with E-state index < -0.39 is 5.91 Å². The van der Waals surface area contributed by atoms with Gasteiger partial charge in [-0.3, -0.25) is 9.59 Å². The lowest BCUT2D eigenvalue weighted by Crippen LogP contribution is -2.27. The van der Waals surface area contributed by atoms with E-state index in [9.17, 15) is 9.59 Å². The van der Waals surface area contributed by atoms with E-state index in [1.54, 1.807) is 6.07 Å². The summed E-state index contributed by atoms with van der Waals surface area (Å²) in [5, 5.41) is 5.89. The van der Waals surface area contributed by atoms with Crippen LogP contribution in [0.25, 0.3) is 0 Å². The molecular formula is C12H16ClN3O2. The van der Waals surface area contributed by atoms with Crippen LogP contribution in [-0.4, -0.2) is 24.9 Å². The number of amides is 2. The molecule has 0 saturated heterocycles. The molecule has 0 fully saturated rings. The van der Waals surface area contributed by atoms with Crippen molar-refractivity contribution in [1.29, 1.82) is 0 Å². The molecule has 6 heteroatoms. The largest absolute Gasteiger partial charge is 0.384 e. The second kappa shape index (κ2) is 6.26. The summed E-state index contributed by atoms with van der Waals surface area (Å²) < 4.78 is 0. The molecular weight excluding hydrogens is 254 g/mol. The van der Waals surface area contributed by atoms with Gasteiger partial charge in [-0.05, 0) is 30.2 Å². The summed E-state index contributed by atoms with van der Waals surface area (Å²) in [6.07, 6.45) is 1.11. The Kier molecular flexibility index (Phi) is 4.97. The van der Waals surface area contributed by atoms with Crippen molar-refractivity contribution < 1.29 is 9.59 Å². The molecule has 18 heavy (non-hydrogen) atoms. The van der Waals surface area contributed by atoms with E-state index >= 15 is 0 Å². The van der Waals surface area contributed by atoms with E-state index in [2.05, 4.69) is 10.6 Å². The first-order valence-corrected chi connectivity index (χ1v) is 5.60. The summed E-state index contributed by atoms with van der Waals surface area (Å²) in [4.78, 5) is 22.3. The van der Waals surface area contributed by atoms with Gasteiger partial charge in [0.05, 0.1) is 0 Å². The molecule has 0 atom stereocenters. The lowest BCUT2D eigenvalue weighted by molar-refractivity contribution is -0.117. The first kappa shape index (κ1) is 14.3. The zero-order valence-corrected chi connectivity index (χ0v) is 10.7. The number of hydrogen-bond acceptors (Lipinski definition) is 3. The lowest BCUT2D eigenvalue weighted by atomic mass is 10.1. The average Bonchev–Trinajstić information content (AvgIpc) is 2.75. The number of nitrogens with two attached hydrogens (primary N) is 1. The fourth-order valence-electron chi connectivity index (χ4n) is 1.85. The minimum atomic E-state index is -0.413. The summed E-state index contributed by atoms with van der Waals surface area (Å²) in [5.41, 5.74) is 7.87. The Bertz CT molecular complexity index is 463. The van der Waals surface area contributed by atoms with E-state index in [0.29, 0.717) is 5.56 Å². The Morgan fingerprint density at radius 3 is 2.89 bits per heavy atom. The SMILES string of the molecule is Cl.NC(=O)CCNC(=O)c1ccc2c(c1)CCN2. The fourth-order valence-corrected chi connectivity index (χ4v) is 1.85. The first-order chi connectivity index (χ1) is 8.16. The number of halogens is 1. The van der Waals surface area contributed by atoms with Gasteiger partial charge in [0.25, 0.3) is 5.91 Å². The number of hydrogen-bond donors (Lipinski definition) is 3. The normalized spacial score (nSPS) is 12.0. The maximum Gasteiger partial charge on any atom is 0.251 e. The number of nitrogens with one attached hydrogen (secondary N) is 2. The highest BCUT2D eigenvalue weighted by atomic mass is 35.5. The molecule has 4 N–H and O–H groups in total. The molecule has 98 valence electrons. The molecule has 2 amide bonds. The number of anilines is 1. The van der Waals surface area contributed by atoms with Crippen LogP contribution in [0.5, 0.6) is 0 Å². The minimum absolute atomic E-state index is 0. The van der Waals surface area contributed by atoms with Crippen LogP contribution in [0.4, 0.5) is 5.69 Å². The van der Waals surface area contributed by atoms with Crippen molar-refractivity contribution in [2.45, 2.75) is 12.8 Å². The van der Waals surface area contributed by atoms with Gasteiger partial charge in [-0.25, -0.2) is 0 Å². The van der Waals surface area contributed by atoms with Gasteiger partial charge in [-0.15, -0.1) is 12.4 Å². The second-order valence-corrected chi connectivity index (χ2v) is 4.02. The van der Waals surface area contributed by atoms with E-state index in [-0.39, 0.29) is 31.3 Å². The van der Waals surface area contributed by atoms with E-state index in [4.69, 9.17) is 5.73 Å². The number of benzene rings is 1. The smallest absolute Gasteiger partial charge is 0.251 e. The lowest BCUT2D eigenvalue weighted by Gasteiger charge is -2.05. The van der Waals surface area contributed by atoms with Crippen LogP contribution in [0.3, 0.4) is 0 Å². The van der Waals surface area contributed by atoms with Gasteiger partial charge in [-0.2, -0.15) is 0 Å². The van der Waals surface area contributed by atoms with Crippen LogP contribution < -0.4 is 16.4 Å². The molecule has 0 aliphatic carbocycles. The van der Waals surface area contributed by atoms with Crippen LogP contribution >= 0.6 is 12.4 Å². The summed E-state index contributed by atoms with van der Waals surface area (Å²) in [6, 6.07) is 5.57. The average molecular weight is 270 g/mol. The van der Waals surface area contributed by atoms with Gasteiger partial charge in [0.2, 0.25) is 5.91 Å². The fraction of sp³-hybridized carbons (Fsp3) is 0.333. The molecule has 0 radical (unpaired) electrons. The summed E-state index contributed by atoms with van der Waals surface area (Å²) >= 11 is 0. The topological polar surface area (TPSA) is 84.2 Å². The molecule has 0 spiro atoms. The standard InChI is InChI=1S/C12H15N3O2.ClH/c13-11(16)4-6-15-12(17)9-1-2-10-8(7-9)3-5-14-10;/h1-2,7,14H,3-6H2,(H2,13,16)(H,15,17);1H. The monoisotopic (exact) mass is 269 g/mol. The van der Waals surface area contributed by atoms with Crippen LogP contribution in [0.1, 0.15) is 22.3 Å². The Balaban J connectivity index is 0.00000162. The molecule has 1 aliphatic rings. The third-order valence-electron chi connectivity index (χ3n) is 2.73. The predicted octanol–water partition coefficient (Wildman–Crippen LogP) is 0.682. The molecule has 1 aromatic carbocycles. The van der Waals surface area contributed by atoms with Crippen molar-refractivity contribution in [2.75, 3.05) is 18.4 Å².